The van der Waals surface area contributed by atoms with Gasteiger partial charge in [-0.25, -0.2) is 8.78 Å². The van der Waals surface area contributed by atoms with Crippen LogP contribution in [-0.2, 0) is 0 Å². The van der Waals surface area contributed by atoms with Gasteiger partial charge in [-0.2, -0.15) is 8.78 Å². The summed E-state index contributed by atoms with van der Waals surface area (Å²) < 4.78 is 51.5. The lowest BCUT2D eigenvalue weighted by Gasteiger charge is -2.08. The molecule has 0 aliphatic carbocycles. The first-order valence-electron chi connectivity index (χ1n) is 3.34. The van der Waals surface area contributed by atoms with Crippen molar-refractivity contribution in [1.29, 1.82) is 0 Å². The summed E-state index contributed by atoms with van der Waals surface area (Å²) in [5.41, 5.74) is -0.556. The fourth-order valence-corrected chi connectivity index (χ4v) is 0.805. The van der Waals surface area contributed by atoms with Gasteiger partial charge in [-0.3, -0.25) is 0 Å². The molecule has 0 spiro atoms. The smallest absolute Gasteiger partial charge is 0.387 e. The zero-order chi connectivity index (χ0) is 9.84. The molecule has 1 radical (unpaired) electrons. The lowest BCUT2D eigenvalue weighted by atomic mass is 10.2. The predicted molar refractivity (Wildman–Crippen MR) is 36.9 cm³/mol. The topological polar surface area (TPSA) is 9.23 Å². The summed E-state index contributed by atoms with van der Waals surface area (Å²) in [6, 6.07) is 5.52. The van der Waals surface area contributed by atoms with Crippen LogP contribution in [0.5, 0.6) is 5.75 Å². The van der Waals surface area contributed by atoms with Crippen molar-refractivity contribution in [3.63, 3.8) is 0 Å². The van der Waals surface area contributed by atoms with E-state index in [2.05, 4.69) is 10.8 Å². The Morgan fingerprint density at radius 3 is 2.46 bits per heavy atom. The molecule has 0 heterocycles. The fourth-order valence-electron chi connectivity index (χ4n) is 0.805. The molecular formula is C8H5F4O. The number of alkyl halides is 4. The van der Waals surface area contributed by atoms with Crippen LogP contribution in [0.4, 0.5) is 17.6 Å². The molecule has 0 aliphatic rings. The Bertz CT molecular complexity index is 275. The van der Waals surface area contributed by atoms with E-state index in [0.717, 1.165) is 12.1 Å². The molecule has 0 bridgehead atoms. The second-order valence-corrected chi connectivity index (χ2v) is 2.14. The van der Waals surface area contributed by atoms with Gasteiger partial charge in [0.15, 0.2) is 0 Å². The molecule has 0 atom stereocenters. The highest BCUT2D eigenvalue weighted by Crippen LogP contribution is 2.29. The van der Waals surface area contributed by atoms with Crippen molar-refractivity contribution >= 4 is 0 Å². The molecule has 1 aromatic carbocycles. The molecule has 0 N–H and O–H groups in total. The summed E-state index contributed by atoms with van der Waals surface area (Å²) in [7, 11) is 0. The summed E-state index contributed by atoms with van der Waals surface area (Å²) in [5.74, 6) is -0.535. The molecule has 13 heavy (non-hydrogen) atoms. The molecule has 71 valence electrons. The molecule has 5 heteroatoms. The number of hydrogen-bond acceptors (Lipinski definition) is 1. The number of ether oxygens (including phenoxy) is 1. The van der Waals surface area contributed by atoms with E-state index in [1.165, 1.54) is 6.07 Å². The molecule has 1 aromatic rings. The maximum Gasteiger partial charge on any atom is 0.387 e. The van der Waals surface area contributed by atoms with E-state index in [0.29, 0.717) is 0 Å². The maximum absolute atomic E-state index is 12.1. The monoisotopic (exact) mass is 193 g/mol. The molecule has 0 saturated carbocycles. The van der Waals surface area contributed by atoms with Gasteiger partial charge < -0.3 is 4.74 Å². The first kappa shape index (κ1) is 9.83. The molecule has 1 nitrogen and oxygen atoms in total. The SMILES string of the molecule is FC(F)Oc1c[c]ccc1C(F)F. The molecule has 1 rings (SSSR count). The van der Waals surface area contributed by atoms with Gasteiger partial charge in [0.2, 0.25) is 0 Å². The van der Waals surface area contributed by atoms with Gasteiger partial charge in [0, 0.05) is 0 Å². The highest BCUT2D eigenvalue weighted by molar-refractivity contribution is 5.33. The van der Waals surface area contributed by atoms with Gasteiger partial charge in [-0.15, -0.1) is 0 Å². The molecule has 0 saturated heterocycles. The van der Waals surface area contributed by atoms with Crippen LogP contribution >= 0.6 is 0 Å². The van der Waals surface area contributed by atoms with Crippen molar-refractivity contribution in [1.82, 2.24) is 0 Å². The summed E-state index contributed by atoms with van der Waals surface area (Å²) in [4.78, 5) is 0. The van der Waals surface area contributed by atoms with Gasteiger partial charge in [-0.1, -0.05) is 6.07 Å². The van der Waals surface area contributed by atoms with Gasteiger partial charge in [0.05, 0.1) is 5.56 Å². The number of halogens is 4. The number of rotatable bonds is 3. The van der Waals surface area contributed by atoms with Crippen LogP contribution in [0.1, 0.15) is 12.0 Å². The number of hydrogen-bond donors (Lipinski definition) is 0. The van der Waals surface area contributed by atoms with Gasteiger partial charge in [0.25, 0.3) is 6.43 Å². The van der Waals surface area contributed by atoms with Crippen molar-refractivity contribution < 1.29 is 22.3 Å². The molecule has 0 fully saturated rings. The first-order valence-corrected chi connectivity index (χ1v) is 3.34. The standard InChI is InChI=1S/C8H5F4O/c9-7(10)5-3-1-2-4-6(5)13-8(11)12/h1,3-4,7-8H. The Balaban J connectivity index is 2.91. The van der Waals surface area contributed by atoms with E-state index in [4.69, 9.17) is 0 Å². The summed E-state index contributed by atoms with van der Waals surface area (Å²) in [6.07, 6.45) is -2.83. The van der Waals surface area contributed by atoms with Crippen LogP contribution in [0.25, 0.3) is 0 Å². The van der Waals surface area contributed by atoms with Crippen LogP contribution in [0.3, 0.4) is 0 Å². The van der Waals surface area contributed by atoms with Crippen LogP contribution in [0.15, 0.2) is 18.2 Å². The molecule has 0 aliphatic heterocycles. The normalized spacial score (nSPS) is 10.9. The van der Waals surface area contributed by atoms with Crippen LogP contribution < -0.4 is 4.74 Å². The van der Waals surface area contributed by atoms with Gasteiger partial charge >= 0.3 is 6.61 Å². The zero-order valence-electron chi connectivity index (χ0n) is 6.31. The summed E-state index contributed by atoms with van der Waals surface area (Å²) in [5, 5.41) is 0. The average molecular weight is 193 g/mol. The predicted octanol–water partition coefficient (Wildman–Crippen LogP) is 3.03. The minimum atomic E-state index is -3.10. The van der Waals surface area contributed by atoms with Crippen molar-refractivity contribution in [2.75, 3.05) is 0 Å². The van der Waals surface area contributed by atoms with Crippen molar-refractivity contribution in [3.8, 4) is 5.75 Å². The van der Waals surface area contributed by atoms with Gasteiger partial charge in [0.1, 0.15) is 5.75 Å². The van der Waals surface area contributed by atoms with E-state index < -0.39 is 24.3 Å². The van der Waals surface area contributed by atoms with Crippen LogP contribution in [0.2, 0.25) is 0 Å². The van der Waals surface area contributed by atoms with E-state index in [9.17, 15) is 17.6 Å². The summed E-state index contributed by atoms with van der Waals surface area (Å²) >= 11 is 0. The first-order chi connectivity index (χ1) is 6.11. The lowest BCUT2D eigenvalue weighted by Crippen LogP contribution is -2.04. The highest BCUT2D eigenvalue weighted by atomic mass is 19.3. The minimum absolute atomic E-state index is 0.535. The quantitative estimate of drug-likeness (QED) is 0.670. The van der Waals surface area contributed by atoms with Crippen molar-refractivity contribution in [2.24, 2.45) is 0 Å². The third-order valence-corrected chi connectivity index (χ3v) is 1.31. The van der Waals surface area contributed by atoms with E-state index >= 15 is 0 Å². The van der Waals surface area contributed by atoms with Crippen molar-refractivity contribution in [3.05, 3.63) is 29.8 Å². The van der Waals surface area contributed by atoms with Gasteiger partial charge in [-0.05, 0) is 18.2 Å². The molecule has 0 aromatic heterocycles. The second kappa shape index (κ2) is 4.11. The van der Waals surface area contributed by atoms with E-state index in [-0.39, 0.29) is 0 Å². The molecular weight excluding hydrogens is 188 g/mol. The Labute approximate surface area is 71.9 Å². The average Bonchev–Trinajstić information content (AvgIpc) is 2.03. The van der Waals surface area contributed by atoms with Crippen LogP contribution in [-0.4, -0.2) is 6.61 Å². The highest BCUT2D eigenvalue weighted by Gasteiger charge is 2.15. The zero-order valence-corrected chi connectivity index (χ0v) is 6.31. The largest absolute Gasteiger partial charge is 0.434 e. The Kier molecular flexibility index (Phi) is 3.11. The second-order valence-electron chi connectivity index (χ2n) is 2.14. The molecule has 0 amide bonds. The molecule has 0 unspecified atom stereocenters. The van der Waals surface area contributed by atoms with E-state index in [1.54, 1.807) is 0 Å². The Morgan fingerprint density at radius 1 is 1.23 bits per heavy atom. The maximum atomic E-state index is 12.1. The summed E-state index contributed by atoms with van der Waals surface area (Å²) in [6.45, 7) is -3.10. The fraction of sp³-hybridized carbons (Fsp3) is 0.250. The van der Waals surface area contributed by atoms with E-state index in [1.807, 2.05) is 0 Å². The third-order valence-electron chi connectivity index (χ3n) is 1.31. The van der Waals surface area contributed by atoms with Crippen LogP contribution in [0, 0.1) is 6.07 Å². The number of benzene rings is 1. The minimum Gasteiger partial charge on any atom is -0.434 e. The van der Waals surface area contributed by atoms with Crippen molar-refractivity contribution in [2.45, 2.75) is 13.0 Å². The third kappa shape index (κ3) is 2.61. The Hall–Kier alpha value is -1.26. The lowest BCUT2D eigenvalue weighted by molar-refractivity contribution is -0.0519. The Morgan fingerprint density at radius 2 is 1.92 bits per heavy atom.